The number of amides is 1. The molecule has 1 aromatic carbocycles. The highest BCUT2D eigenvalue weighted by atomic mass is 32.1. The van der Waals surface area contributed by atoms with Crippen LogP contribution >= 0.6 is 11.5 Å². The SMILES string of the molecule is COc1ccc(-n2ncc(C(=O)[C@H]3CCN(C(=O)c4snnc4C)C3)c2N)cc1. The van der Waals surface area contributed by atoms with Crippen LogP contribution in [0.2, 0.25) is 0 Å². The molecule has 9 nitrogen and oxygen atoms in total. The molecule has 0 aliphatic carbocycles. The summed E-state index contributed by atoms with van der Waals surface area (Å²) in [6.45, 7) is 2.62. The maximum Gasteiger partial charge on any atom is 0.267 e. The van der Waals surface area contributed by atoms with E-state index in [1.165, 1.54) is 10.9 Å². The molecule has 0 saturated carbocycles. The van der Waals surface area contributed by atoms with Gasteiger partial charge in [-0.1, -0.05) is 4.49 Å². The van der Waals surface area contributed by atoms with E-state index in [9.17, 15) is 9.59 Å². The second-order valence-electron chi connectivity index (χ2n) is 6.84. The predicted octanol–water partition coefficient (Wildman–Crippen LogP) is 1.97. The molecular weight excluding hydrogens is 392 g/mol. The van der Waals surface area contributed by atoms with Crippen LogP contribution in [0.1, 0.15) is 32.1 Å². The fourth-order valence-electron chi connectivity index (χ4n) is 3.43. The minimum atomic E-state index is -0.309. The van der Waals surface area contributed by atoms with Gasteiger partial charge in [-0.2, -0.15) is 5.10 Å². The average Bonchev–Trinajstić information content (AvgIpc) is 3.47. The monoisotopic (exact) mass is 412 g/mol. The molecule has 1 aliphatic rings. The van der Waals surface area contributed by atoms with Gasteiger partial charge in [-0.3, -0.25) is 9.59 Å². The Kier molecular flexibility index (Phi) is 5.01. The zero-order valence-electron chi connectivity index (χ0n) is 16.0. The maximum absolute atomic E-state index is 13.0. The second-order valence-corrected chi connectivity index (χ2v) is 7.60. The summed E-state index contributed by atoms with van der Waals surface area (Å²) < 4.78 is 10.5. The smallest absolute Gasteiger partial charge is 0.267 e. The lowest BCUT2D eigenvalue weighted by Gasteiger charge is -2.15. The lowest BCUT2D eigenvalue weighted by atomic mass is 9.98. The number of anilines is 1. The van der Waals surface area contributed by atoms with Crippen molar-refractivity contribution in [1.29, 1.82) is 0 Å². The molecule has 4 rings (SSSR count). The molecule has 29 heavy (non-hydrogen) atoms. The molecule has 0 unspecified atom stereocenters. The van der Waals surface area contributed by atoms with Crippen molar-refractivity contribution in [3.05, 3.63) is 46.6 Å². The minimum absolute atomic E-state index is 0.100. The van der Waals surface area contributed by atoms with Gasteiger partial charge in [-0.15, -0.1) is 5.10 Å². The quantitative estimate of drug-likeness (QED) is 0.637. The number of hydrogen-bond acceptors (Lipinski definition) is 8. The summed E-state index contributed by atoms with van der Waals surface area (Å²) in [5.74, 6) is 0.465. The molecule has 10 heteroatoms. The summed E-state index contributed by atoms with van der Waals surface area (Å²) in [7, 11) is 1.59. The van der Waals surface area contributed by atoms with Gasteiger partial charge in [0.05, 0.1) is 30.3 Å². The highest BCUT2D eigenvalue weighted by Gasteiger charge is 2.34. The van der Waals surface area contributed by atoms with Crippen LogP contribution in [0.4, 0.5) is 5.82 Å². The largest absolute Gasteiger partial charge is 0.497 e. The Morgan fingerprint density at radius 2 is 2.03 bits per heavy atom. The number of methoxy groups -OCH3 is 1. The Bertz CT molecular complexity index is 1060. The van der Waals surface area contributed by atoms with Crippen LogP contribution in [0.3, 0.4) is 0 Å². The van der Waals surface area contributed by atoms with Gasteiger partial charge in [-0.05, 0) is 49.1 Å². The number of ether oxygens (including phenoxy) is 1. The lowest BCUT2D eigenvalue weighted by molar-refractivity contribution is 0.0784. The molecule has 0 radical (unpaired) electrons. The fraction of sp³-hybridized carbons (Fsp3) is 0.316. The number of nitrogen functional groups attached to an aromatic ring is 1. The number of rotatable bonds is 5. The van der Waals surface area contributed by atoms with Crippen molar-refractivity contribution < 1.29 is 14.3 Å². The third-order valence-electron chi connectivity index (χ3n) is 5.08. The first-order valence-electron chi connectivity index (χ1n) is 9.10. The lowest BCUT2D eigenvalue weighted by Crippen LogP contribution is -2.30. The summed E-state index contributed by atoms with van der Waals surface area (Å²) in [5.41, 5.74) is 7.94. The molecule has 3 aromatic rings. The zero-order valence-corrected chi connectivity index (χ0v) is 16.8. The van der Waals surface area contributed by atoms with E-state index in [1.54, 1.807) is 31.1 Å². The van der Waals surface area contributed by atoms with Crippen molar-refractivity contribution >= 4 is 29.0 Å². The maximum atomic E-state index is 13.0. The fourth-order valence-corrected chi connectivity index (χ4v) is 4.05. The van der Waals surface area contributed by atoms with Crippen LogP contribution in [0.15, 0.2) is 30.5 Å². The van der Waals surface area contributed by atoms with Crippen LogP contribution in [-0.4, -0.2) is 56.2 Å². The van der Waals surface area contributed by atoms with E-state index in [1.807, 2.05) is 12.1 Å². The van der Waals surface area contributed by atoms with Crippen LogP contribution in [0, 0.1) is 12.8 Å². The molecule has 1 aliphatic heterocycles. The van der Waals surface area contributed by atoms with E-state index in [0.29, 0.717) is 35.6 Å². The molecular formula is C19H20N6O3S. The molecule has 2 aromatic heterocycles. The molecule has 2 N–H and O–H groups in total. The number of aryl methyl sites for hydroxylation is 1. The number of aromatic nitrogens is 4. The number of likely N-dealkylation sites (tertiary alicyclic amines) is 1. The number of carbonyl (C=O) groups excluding carboxylic acids is 2. The van der Waals surface area contributed by atoms with Gasteiger partial charge in [0.1, 0.15) is 16.4 Å². The van der Waals surface area contributed by atoms with Gasteiger partial charge < -0.3 is 15.4 Å². The van der Waals surface area contributed by atoms with Crippen LogP contribution in [-0.2, 0) is 0 Å². The average molecular weight is 412 g/mol. The Morgan fingerprint density at radius 3 is 2.69 bits per heavy atom. The van der Waals surface area contributed by atoms with E-state index in [-0.39, 0.29) is 23.4 Å². The van der Waals surface area contributed by atoms with Crippen LogP contribution < -0.4 is 10.5 Å². The third kappa shape index (κ3) is 3.46. The molecule has 1 amide bonds. The first-order chi connectivity index (χ1) is 14.0. The van der Waals surface area contributed by atoms with E-state index >= 15 is 0 Å². The Balaban J connectivity index is 1.50. The number of carbonyl (C=O) groups is 2. The van der Waals surface area contributed by atoms with Crippen molar-refractivity contribution in [2.75, 3.05) is 25.9 Å². The van der Waals surface area contributed by atoms with E-state index in [4.69, 9.17) is 10.5 Å². The Hall–Kier alpha value is -3.27. The molecule has 0 spiro atoms. The van der Waals surface area contributed by atoms with E-state index in [0.717, 1.165) is 23.0 Å². The van der Waals surface area contributed by atoms with Crippen molar-refractivity contribution in [1.82, 2.24) is 24.3 Å². The molecule has 1 saturated heterocycles. The van der Waals surface area contributed by atoms with Gasteiger partial charge in [0.2, 0.25) is 0 Å². The highest BCUT2D eigenvalue weighted by Crippen LogP contribution is 2.27. The molecule has 1 fully saturated rings. The zero-order chi connectivity index (χ0) is 20.5. The van der Waals surface area contributed by atoms with Crippen LogP contribution in [0.5, 0.6) is 5.75 Å². The van der Waals surface area contributed by atoms with Gasteiger partial charge in [-0.25, -0.2) is 4.68 Å². The number of nitrogens with two attached hydrogens (primary N) is 1. The van der Waals surface area contributed by atoms with Crippen molar-refractivity contribution in [2.24, 2.45) is 5.92 Å². The summed E-state index contributed by atoms with van der Waals surface area (Å²) >= 11 is 1.08. The predicted molar refractivity (Wildman–Crippen MR) is 108 cm³/mol. The summed E-state index contributed by atoms with van der Waals surface area (Å²) in [6.07, 6.45) is 2.08. The Morgan fingerprint density at radius 1 is 1.28 bits per heavy atom. The standard InChI is InChI=1S/C19H20N6O3S/c1-11-17(29-23-22-11)19(27)24-8-7-12(10-24)16(26)15-9-21-25(18(15)20)13-3-5-14(28-2)6-4-13/h3-6,9,12H,7-8,10,20H2,1-2H3/t12-/m0/s1. The number of nitrogens with zero attached hydrogens (tertiary/aromatic N) is 5. The Labute approximate surface area is 171 Å². The van der Waals surface area contributed by atoms with Gasteiger partial charge >= 0.3 is 0 Å². The van der Waals surface area contributed by atoms with Gasteiger partial charge in [0.25, 0.3) is 5.91 Å². The first-order valence-corrected chi connectivity index (χ1v) is 9.87. The van der Waals surface area contributed by atoms with E-state index in [2.05, 4.69) is 14.7 Å². The van der Waals surface area contributed by atoms with Crippen molar-refractivity contribution in [2.45, 2.75) is 13.3 Å². The van der Waals surface area contributed by atoms with Crippen molar-refractivity contribution in [3.8, 4) is 11.4 Å². The number of hydrogen-bond donors (Lipinski definition) is 1. The number of Topliss-reactive ketones (excluding diaryl/α,β-unsaturated/α-hetero) is 1. The first kappa shape index (κ1) is 19.1. The molecule has 150 valence electrons. The molecule has 1 atom stereocenters. The second kappa shape index (κ2) is 7.63. The highest BCUT2D eigenvalue weighted by molar-refractivity contribution is 7.07. The van der Waals surface area contributed by atoms with Gasteiger partial charge in [0, 0.05) is 19.0 Å². The minimum Gasteiger partial charge on any atom is -0.497 e. The van der Waals surface area contributed by atoms with Crippen LogP contribution in [0.25, 0.3) is 5.69 Å². The molecule has 3 heterocycles. The normalized spacial score (nSPS) is 16.2. The third-order valence-corrected chi connectivity index (χ3v) is 5.90. The van der Waals surface area contributed by atoms with Gasteiger partial charge in [0.15, 0.2) is 5.78 Å². The summed E-state index contributed by atoms with van der Waals surface area (Å²) in [5, 5.41) is 8.16. The molecule has 0 bridgehead atoms. The number of benzene rings is 1. The summed E-state index contributed by atoms with van der Waals surface area (Å²) in [6, 6.07) is 7.24. The topological polar surface area (TPSA) is 116 Å². The summed E-state index contributed by atoms with van der Waals surface area (Å²) in [4.78, 5) is 27.9. The van der Waals surface area contributed by atoms with E-state index < -0.39 is 0 Å². The van der Waals surface area contributed by atoms with Crippen molar-refractivity contribution in [3.63, 3.8) is 0 Å². The number of ketones is 1.